The fourth-order valence-electron chi connectivity index (χ4n) is 4.36. The quantitative estimate of drug-likeness (QED) is 0.795. The standard InChI is InChI=1S/C24H27N3O2/c1-15(2)23(29)27-19-10-6-5-9-17(19)26-18-12-24(3,4)13-20(28)21(18)22(27)16-8-7-11-25-14-16/h5-11,14-15,22,26H,12-13H2,1-4H3/t22-/m0/s1. The SMILES string of the molecule is CC(C)C(=O)N1c2ccccc2NC2=C(C(=O)CC(C)(C)C2)[C@@H]1c1cccnc1. The van der Waals surface area contributed by atoms with Gasteiger partial charge in [-0.05, 0) is 35.6 Å². The van der Waals surface area contributed by atoms with Gasteiger partial charge in [-0.25, -0.2) is 0 Å². The molecular weight excluding hydrogens is 362 g/mol. The summed E-state index contributed by atoms with van der Waals surface area (Å²) in [6.07, 6.45) is 4.69. The van der Waals surface area contributed by atoms with Crippen LogP contribution in [0.4, 0.5) is 11.4 Å². The molecule has 5 nitrogen and oxygen atoms in total. The smallest absolute Gasteiger partial charge is 0.230 e. The lowest BCUT2D eigenvalue weighted by Crippen LogP contribution is -2.41. The number of para-hydroxylation sites is 2. The third-order valence-electron chi connectivity index (χ3n) is 5.63. The molecule has 150 valence electrons. The minimum Gasteiger partial charge on any atom is -0.357 e. The van der Waals surface area contributed by atoms with E-state index in [0.29, 0.717) is 12.0 Å². The number of hydrogen-bond acceptors (Lipinski definition) is 4. The van der Waals surface area contributed by atoms with Gasteiger partial charge >= 0.3 is 0 Å². The van der Waals surface area contributed by atoms with E-state index in [1.165, 1.54) is 0 Å². The van der Waals surface area contributed by atoms with Gasteiger partial charge in [-0.3, -0.25) is 19.5 Å². The van der Waals surface area contributed by atoms with E-state index in [2.05, 4.69) is 24.1 Å². The van der Waals surface area contributed by atoms with Crippen molar-refractivity contribution in [2.24, 2.45) is 11.3 Å². The number of benzene rings is 1. The first-order chi connectivity index (χ1) is 13.8. The molecule has 1 aromatic heterocycles. The molecule has 1 atom stereocenters. The highest BCUT2D eigenvalue weighted by atomic mass is 16.2. The number of rotatable bonds is 2. The van der Waals surface area contributed by atoms with Crippen LogP contribution in [-0.4, -0.2) is 16.7 Å². The molecule has 29 heavy (non-hydrogen) atoms. The summed E-state index contributed by atoms with van der Waals surface area (Å²) in [5.41, 5.74) is 3.95. The van der Waals surface area contributed by atoms with Crippen molar-refractivity contribution in [1.82, 2.24) is 4.98 Å². The molecule has 1 aliphatic heterocycles. The second-order valence-electron chi connectivity index (χ2n) is 9.03. The Bertz CT molecular complexity index is 992. The highest BCUT2D eigenvalue weighted by Gasteiger charge is 2.43. The van der Waals surface area contributed by atoms with Gasteiger partial charge in [-0.1, -0.05) is 45.9 Å². The van der Waals surface area contributed by atoms with Gasteiger partial charge in [0.15, 0.2) is 5.78 Å². The summed E-state index contributed by atoms with van der Waals surface area (Å²) in [6, 6.07) is 11.1. The summed E-state index contributed by atoms with van der Waals surface area (Å²) >= 11 is 0. The Balaban J connectivity index is 2.02. The number of carbonyl (C=O) groups excluding carboxylic acids is 2. The number of aromatic nitrogens is 1. The summed E-state index contributed by atoms with van der Waals surface area (Å²) in [5, 5.41) is 3.52. The molecule has 1 aromatic carbocycles. The van der Waals surface area contributed by atoms with Crippen molar-refractivity contribution in [3.8, 4) is 0 Å². The van der Waals surface area contributed by atoms with Crippen LogP contribution in [0, 0.1) is 11.3 Å². The minimum absolute atomic E-state index is 0.0144. The first-order valence-corrected chi connectivity index (χ1v) is 10.1. The minimum atomic E-state index is -0.492. The number of hydrogen-bond donors (Lipinski definition) is 1. The lowest BCUT2D eigenvalue weighted by atomic mass is 9.73. The van der Waals surface area contributed by atoms with Gasteiger partial charge < -0.3 is 5.32 Å². The number of fused-ring (bicyclic) bond motifs is 1. The van der Waals surface area contributed by atoms with Crippen LogP contribution >= 0.6 is 0 Å². The van der Waals surface area contributed by atoms with Gasteiger partial charge in [0.1, 0.15) is 0 Å². The summed E-state index contributed by atoms with van der Waals surface area (Å²) in [4.78, 5) is 32.9. The van der Waals surface area contributed by atoms with Crippen molar-refractivity contribution in [3.05, 3.63) is 65.6 Å². The highest BCUT2D eigenvalue weighted by molar-refractivity contribution is 6.06. The number of allylic oxidation sites excluding steroid dienone is 1. The van der Waals surface area contributed by atoms with Crippen molar-refractivity contribution in [2.45, 2.75) is 46.6 Å². The fraction of sp³-hybridized carbons (Fsp3) is 0.375. The van der Waals surface area contributed by atoms with Crippen molar-refractivity contribution in [3.63, 3.8) is 0 Å². The lowest BCUT2D eigenvalue weighted by molar-refractivity contribution is -0.122. The van der Waals surface area contributed by atoms with Gasteiger partial charge in [-0.2, -0.15) is 0 Å². The van der Waals surface area contributed by atoms with E-state index in [4.69, 9.17) is 0 Å². The maximum atomic E-state index is 13.4. The second kappa shape index (κ2) is 7.14. The van der Waals surface area contributed by atoms with Gasteiger partial charge in [0, 0.05) is 36.0 Å². The summed E-state index contributed by atoms with van der Waals surface area (Å²) in [7, 11) is 0. The van der Waals surface area contributed by atoms with Gasteiger partial charge in [0.05, 0.1) is 17.4 Å². The summed E-state index contributed by atoms with van der Waals surface area (Å²) < 4.78 is 0. The van der Waals surface area contributed by atoms with E-state index < -0.39 is 6.04 Å². The highest BCUT2D eigenvalue weighted by Crippen LogP contribution is 2.48. The molecule has 0 unspecified atom stereocenters. The number of anilines is 2. The molecule has 1 amide bonds. The third-order valence-corrected chi connectivity index (χ3v) is 5.63. The Morgan fingerprint density at radius 1 is 1.17 bits per heavy atom. The normalized spacial score (nSPS) is 20.7. The van der Waals surface area contributed by atoms with E-state index in [-0.39, 0.29) is 23.0 Å². The monoisotopic (exact) mass is 389 g/mol. The molecule has 5 heteroatoms. The second-order valence-corrected chi connectivity index (χ2v) is 9.03. The van der Waals surface area contributed by atoms with Gasteiger partial charge in [0.2, 0.25) is 5.91 Å². The van der Waals surface area contributed by atoms with Crippen LogP contribution in [0.15, 0.2) is 60.1 Å². The van der Waals surface area contributed by atoms with Crippen molar-refractivity contribution in [1.29, 1.82) is 0 Å². The Morgan fingerprint density at radius 2 is 1.93 bits per heavy atom. The van der Waals surface area contributed by atoms with Crippen LogP contribution in [0.5, 0.6) is 0 Å². The predicted octanol–water partition coefficient (Wildman–Crippen LogP) is 4.88. The zero-order valence-corrected chi connectivity index (χ0v) is 17.4. The molecule has 0 bridgehead atoms. The molecule has 0 saturated carbocycles. The summed E-state index contributed by atoms with van der Waals surface area (Å²) in [6.45, 7) is 8.02. The maximum Gasteiger partial charge on any atom is 0.230 e. The van der Waals surface area contributed by atoms with Crippen LogP contribution in [0.2, 0.25) is 0 Å². The fourth-order valence-corrected chi connectivity index (χ4v) is 4.36. The van der Waals surface area contributed by atoms with Crippen molar-refractivity contribution in [2.75, 3.05) is 10.2 Å². The molecular formula is C24H27N3O2. The van der Waals surface area contributed by atoms with Gasteiger partial charge in [-0.15, -0.1) is 0 Å². The predicted molar refractivity (Wildman–Crippen MR) is 114 cm³/mol. The van der Waals surface area contributed by atoms with Crippen LogP contribution in [-0.2, 0) is 9.59 Å². The molecule has 0 saturated heterocycles. The molecule has 2 aliphatic rings. The maximum absolute atomic E-state index is 13.4. The number of amides is 1. The number of carbonyl (C=O) groups is 2. The van der Waals surface area contributed by atoms with Gasteiger partial charge in [0.25, 0.3) is 0 Å². The first kappa shape index (κ1) is 19.4. The van der Waals surface area contributed by atoms with E-state index in [0.717, 1.165) is 29.1 Å². The number of ketones is 1. The van der Waals surface area contributed by atoms with Crippen LogP contribution in [0.3, 0.4) is 0 Å². The van der Waals surface area contributed by atoms with E-state index in [1.54, 1.807) is 17.3 Å². The zero-order chi connectivity index (χ0) is 20.8. The molecule has 2 aromatic rings. The van der Waals surface area contributed by atoms with Crippen molar-refractivity contribution >= 4 is 23.1 Å². The molecule has 2 heterocycles. The number of pyridine rings is 1. The topological polar surface area (TPSA) is 62.3 Å². The van der Waals surface area contributed by atoms with E-state index in [1.807, 2.05) is 50.2 Å². The molecule has 0 spiro atoms. The van der Waals surface area contributed by atoms with Crippen LogP contribution in [0.25, 0.3) is 0 Å². The van der Waals surface area contributed by atoms with E-state index >= 15 is 0 Å². The number of nitrogens with zero attached hydrogens (tertiary/aromatic N) is 2. The third kappa shape index (κ3) is 3.46. The largest absolute Gasteiger partial charge is 0.357 e. The first-order valence-electron chi connectivity index (χ1n) is 10.1. The zero-order valence-electron chi connectivity index (χ0n) is 17.4. The summed E-state index contributed by atoms with van der Waals surface area (Å²) in [5.74, 6) is -0.133. The Hall–Kier alpha value is -2.95. The Kier molecular flexibility index (Phi) is 4.77. The van der Waals surface area contributed by atoms with Crippen molar-refractivity contribution < 1.29 is 9.59 Å². The Morgan fingerprint density at radius 3 is 2.62 bits per heavy atom. The lowest BCUT2D eigenvalue weighted by Gasteiger charge is -2.37. The average molecular weight is 389 g/mol. The van der Waals surface area contributed by atoms with E-state index in [9.17, 15) is 9.59 Å². The molecule has 0 radical (unpaired) electrons. The van der Waals surface area contributed by atoms with Crippen LogP contribution in [0.1, 0.15) is 52.1 Å². The Labute approximate surface area is 171 Å². The number of nitrogens with one attached hydrogen (secondary N) is 1. The molecule has 4 rings (SSSR count). The molecule has 1 N–H and O–H groups in total. The molecule has 0 fully saturated rings. The number of Topliss-reactive ketones (excluding diaryl/α,β-unsaturated/α-hetero) is 1. The van der Waals surface area contributed by atoms with Crippen LogP contribution < -0.4 is 10.2 Å². The average Bonchev–Trinajstić information content (AvgIpc) is 2.81. The molecule has 1 aliphatic carbocycles.